The van der Waals surface area contributed by atoms with Crippen molar-refractivity contribution in [3.8, 4) is 0 Å². The van der Waals surface area contributed by atoms with Crippen LogP contribution in [0.15, 0.2) is 0 Å². The lowest BCUT2D eigenvalue weighted by atomic mass is 10.0. The summed E-state index contributed by atoms with van der Waals surface area (Å²) in [6, 6.07) is 0.508. The average Bonchev–Trinajstić information content (AvgIpc) is 2.67. The van der Waals surface area contributed by atoms with Gasteiger partial charge in [-0.1, -0.05) is 13.8 Å². The fourth-order valence-corrected chi connectivity index (χ4v) is 2.09. The molecule has 0 bridgehead atoms. The first-order valence-electron chi connectivity index (χ1n) is 5.68. The van der Waals surface area contributed by atoms with Crippen LogP contribution >= 0.6 is 0 Å². The molecule has 14 heavy (non-hydrogen) atoms. The van der Waals surface area contributed by atoms with Crippen molar-refractivity contribution in [3.05, 3.63) is 0 Å². The van der Waals surface area contributed by atoms with E-state index in [9.17, 15) is 4.79 Å². The van der Waals surface area contributed by atoms with Gasteiger partial charge in [-0.2, -0.15) is 0 Å². The highest BCUT2D eigenvalue weighted by Crippen LogP contribution is 2.16. The molecule has 0 radical (unpaired) electrons. The molecule has 0 aliphatic carbocycles. The number of carbonyl (C=O) groups excluding carboxylic acids is 1. The third kappa shape index (κ3) is 2.47. The van der Waals surface area contributed by atoms with E-state index in [0.29, 0.717) is 11.9 Å². The number of amides is 1. The maximum Gasteiger partial charge on any atom is 0.225 e. The van der Waals surface area contributed by atoms with Crippen molar-refractivity contribution < 1.29 is 4.79 Å². The minimum absolute atomic E-state index is 0.241. The van der Waals surface area contributed by atoms with Crippen molar-refractivity contribution in [1.29, 1.82) is 0 Å². The number of hydrogen-bond donors (Lipinski definition) is 1. The van der Waals surface area contributed by atoms with Gasteiger partial charge in [-0.15, -0.1) is 0 Å². The van der Waals surface area contributed by atoms with Crippen LogP contribution in [-0.4, -0.2) is 37.0 Å². The van der Waals surface area contributed by atoms with E-state index >= 15 is 0 Å². The summed E-state index contributed by atoms with van der Waals surface area (Å²) >= 11 is 0. The second-order valence-electron chi connectivity index (χ2n) is 4.07. The van der Waals surface area contributed by atoms with E-state index in [0.717, 1.165) is 32.4 Å². The van der Waals surface area contributed by atoms with Crippen LogP contribution in [0.1, 0.15) is 33.1 Å². The summed E-state index contributed by atoms with van der Waals surface area (Å²) in [7, 11) is 1.97. The fourth-order valence-electron chi connectivity index (χ4n) is 2.09. The number of likely N-dealkylation sites (N-methyl/N-ethyl adjacent to an activating group) is 1. The van der Waals surface area contributed by atoms with Crippen LogP contribution in [0.5, 0.6) is 0 Å². The van der Waals surface area contributed by atoms with Crippen molar-refractivity contribution in [2.45, 2.75) is 39.2 Å². The zero-order valence-corrected chi connectivity index (χ0v) is 9.55. The van der Waals surface area contributed by atoms with Crippen molar-refractivity contribution in [2.24, 2.45) is 5.92 Å². The molecule has 82 valence electrons. The highest BCUT2D eigenvalue weighted by Gasteiger charge is 2.28. The minimum Gasteiger partial charge on any atom is -0.341 e. The molecule has 1 saturated heterocycles. The molecule has 0 aromatic carbocycles. The molecule has 1 heterocycles. The first kappa shape index (κ1) is 11.5. The molecule has 1 aliphatic heterocycles. The Balaban J connectivity index is 2.45. The molecular formula is C11H22N2O. The summed E-state index contributed by atoms with van der Waals surface area (Å²) in [6.07, 6.45) is 3.04. The van der Waals surface area contributed by atoms with E-state index in [2.05, 4.69) is 19.2 Å². The molecule has 0 saturated carbocycles. The second-order valence-corrected chi connectivity index (χ2v) is 4.07. The largest absolute Gasteiger partial charge is 0.341 e. The number of nitrogens with zero attached hydrogens (tertiary/aromatic N) is 1. The lowest BCUT2D eigenvalue weighted by molar-refractivity contribution is -0.134. The number of carbonyl (C=O) groups is 1. The van der Waals surface area contributed by atoms with Gasteiger partial charge in [-0.25, -0.2) is 0 Å². The highest BCUT2D eigenvalue weighted by molar-refractivity contribution is 5.79. The van der Waals surface area contributed by atoms with E-state index in [-0.39, 0.29) is 5.92 Å². The average molecular weight is 198 g/mol. The maximum atomic E-state index is 12.0. The zero-order chi connectivity index (χ0) is 10.6. The van der Waals surface area contributed by atoms with Crippen LogP contribution in [0.2, 0.25) is 0 Å². The Morgan fingerprint density at radius 2 is 2.14 bits per heavy atom. The van der Waals surface area contributed by atoms with E-state index in [1.165, 1.54) is 0 Å². The highest BCUT2D eigenvalue weighted by atomic mass is 16.2. The molecule has 0 spiro atoms. The standard InChI is InChI=1S/C11H22N2O/c1-4-9(5-2)11(14)13-7-6-10(8-13)12-3/h9-10,12H,4-8H2,1-3H3. The van der Waals surface area contributed by atoms with Gasteiger partial charge >= 0.3 is 0 Å². The van der Waals surface area contributed by atoms with Gasteiger partial charge in [-0.3, -0.25) is 4.79 Å². The fraction of sp³-hybridized carbons (Fsp3) is 0.909. The lowest BCUT2D eigenvalue weighted by Crippen LogP contribution is -2.36. The van der Waals surface area contributed by atoms with Gasteiger partial charge in [0.15, 0.2) is 0 Å². The lowest BCUT2D eigenvalue weighted by Gasteiger charge is -2.21. The van der Waals surface area contributed by atoms with Gasteiger partial charge < -0.3 is 10.2 Å². The summed E-state index contributed by atoms with van der Waals surface area (Å²) < 4.78 is 0. The number of likely N-dealkylation sites (tertiary alicyclic amines) is 1. The van der Waals surface area contributed by atoms with Crippen molar-refractivity contribution in [1.82, 2.24) is 10.2 Å². The Morgan fingerprint density at radius 1 is 1.50 bits per heavy atom. The molecular weight excluding hydrogens is 176 g/mol. The minimum atomic E-state index is 0.241. The van der Waals surface area contributed by atoms with Gasteiger partial charge in [0.25, 0.3) is 0 Å². The van der Waals surface area contributed by atoms with Crippen LogP contribution in [-0.2, 0) is 4.79 Å². The Morgan fingerprint density at radius 3 is 2.57 bits per heavy atom. The van der Waals surface area contributed by atoms with Crippen LogP contribution in [0.3, 0.4) is 0 Å². The predicted octanol–water partition coefficient (Wildman–Crippen LogP) is 1.24. The van der Waals surface area contributed by atoms with E-state index in [1.807, 2.05) is 11.9 Å². The number of rotatable bonds is 4. The topological polar surface area (TPSA) is 32.3 Å². The maximum absolute atomic E-state index is 12.0. The molecule has 0 aromatic rings. The molecule has 3 nitrogen and oxygen atoms in total. The Kier molecular flexibility index (Phi) is 4.39. The third-order valence-corrected chi connectivity index (χ3v) is 3.24. The monoisotopic (exact) mass is 198 g/mol. The van der Waals surface area contributed by atoms with Crippen LogP contribution in [0.25, 0.3) is 0 Å². The molecule has 1 unspecified atom stereocenters. The third-order valence-electron chi connectivity index (χ3n) is 3.24. The smallest absolute Gasteiger partial charge is 0.225 e. The van der Waals surface area contributed by atoms with Gasteiger partial charge in [0, 0.05) is 25.0 Å². The summed E-state index contributed by atoms with van der Waals surface area (Å²) in [5, 5.41) is 3.23. The molecule has 3 heteroatoms. The van der Waals surface area contributed by atoms with E-state index < -0.39 is 0 Å². The van der Waals surface area contributed by atoms with E-state index in [1.54, 1.807) is 0 Å². The molecule has 1 aliphatic rings. The van der Waals surface area contributed by atoms with Crippen LogP contribution in [0, 0.1) is 5.92 Å². The number of hydrogen-bond acceptors (Lipinski definition) is 2. The van der Waals surface area contributed by atoms with Gasteiger partial charge in [0.1, 0.15) is 0 Å². The first-order chi connectivity index (χ1) is 6.72. The number of nitrogens with one attached hydrogen (secondary N) is 1. The molecule has 1 atom stereocenters. The quantitative estimate of drug-likeness (QED) is 0.737. The van der Waals surface area contributed by atoms with Crippen molar-refractivity contribution in [2.75, 3.05) is 20.1 Å². The van der Waals surface area contributed by atoms with Crippen LogP contribution in [0.4, 0.5) is 0 Å². The second kappa shape index (κ2) is 5.35. The summed E-state index contributed by atoms with van der Waals surface area (Å²) in [4.78, 5) is 14.0. The van der Waals surface area contributed by atoms with Crippen molar-refractivity contribution >= 4 is 5.91 Å². The molecule has 1 amide bonds. The molecule has 1 N–H and O–H groups in total. The summed E-state index contributed by atoms with van der Waals surface area (Å²) in [6.45, 7) is 6.02. The normalized spacial score (nSPS) is 22.0. The summed E-state index contributed by atoms with van der Waals surface area (Å²) in [5.74, 6) is 0.596. The first-order valence-corrected chi connectivity index (χ1v) is 5.68. The molecule has 0 aromatic heterocycles. The Bertz CT molecular complexity index is 190. The zero-order valence-electron chi connectivity index (χ0n) is 9.55. The van der Waals surface area contributed by atoms with Crippen LogP contribution < -0.4 is 5.32 Å². The Labute approximate surface area is 86.9 Å². The van der Waals surface area contributed by atoms with Crippen molar-refractivity contribution in [3.63, 3.8) is 0 Å². The SMILES string of the molecule is CCC(CC)C(=O)N1CCC(NC)C1. The molecule has 1 rings (SSSR count). The van der Waals surface area contributed by atoms with Gasteiger partial charge in [-0.05, 0) is 26.3 Å². The Hall–Kier alpha value is -0.570. The summed E-state index contributed by atoms with van der Waals surface area (Å²) in [5.41, 5.74) is 0. The van der Waals surface area contributed by atoms with Gasteiger partial charge in [0.05, 0.1) is 0 Å². The molecule has 1 fully saturated rings. The van der Waals surface area contributed by atoms with E-state index in [4.69, 9.17) is 0 Å². The van der Waals surface area contributed by atoms with Gasteiger partial charge in [0.2, 0.25) is 5.91 Å². The predicted molar refractivity (Wildman–Crippen MR) is 58.1 cm³/mol.